The Morgan fingerprint density at radius 1 is 0.973 bits per heavy atom. The van der Waals surface area contributed by atoms with E-state index >= 15 is 0 Å². The molecule has 11 heteroatoms. The molecule has 2 aliphatic heterocycles. The van der Waals surface area contributed by atoms with E-state index in [-0.39, 0.29) is 30.6 Å². The second-order valence-electron chi connectivity index (χ2n) is 9.80. The first kappa shape index (κ1) is 25.4. The Hall–Kier alpha value is -3.24. The van der Waals surface area contributed by atoms with Crippen LogP contribution in [0.5, 0.6) is 0 Å². The predicted molar refractivity (Wildman–Crippen MR) is 127 cm³/mol. The van der Waals surface area contributed by atoms with Crippen LogP contribution in [0.4, 0.5) is 37.7 Å². The molecule has 2 bridgehead atoms. The molecular formula is C26H25F6N3O2. The van der Waals surface area contributed by atoms with Crippen LogP contribution in [0, 0.1) is 0 Å². The molecule has 3 heterocycles. The number of anilines is 2. The maximum absolute atomic E-state index is 14.1. The summed E-state index contributed by atoms with van der Waals surface area (Å²) in [6.07, 6.45) is -1.88. The molecule has 5 nitrogen and oxygen atoms in total. The average Bonchev–Trinajstić information content (AvgIpc) is 3.10. The van der Waals surface area contributed by atoms with Gasteiger partial charge in [0, 0.05) is 29.7 Å². The summed E-state index contributed by atoms with van der Waals surface area (Å²) >= 11 is 0. The van der Waals surface area contributed by atoms with Crippen LogP contribution in [0.15, 0.2) is 35.3 Å². The van der Waals surface area contributed by atoms with Crippen molar-refractivity contribution in [1.29, 1.82) is 0 Å². The monoisotopic (exact) mass is 525 g/mol. The van der Waals surface area contributed by atoms with Crippen molar-refractivity contribution in [1.82, 2.24) is 4.98 Å². The Balaban J connectivity index is 1.49. The van der Waals surface area contributed by atoms with Crippen molar-refractivity contribution in [2.75, 3.05) is 10.2 Å². The summed E-state index contributed by atoms with van der Waals surface area (Å²) in [6.45, 7) is 0. The van der Waals surface area contributed by atoms with E-state index in [1.165, 1.54) is 6.07 Å². The number of aryl methyl sites for hydroxylation is 1. The molecule has 37 heavy (non-hydrogen) atoms. The highest BCUT2D eigenvalue weighted by atomic mass is 19.4. The minimum absolute atomic E-state index is 0.0313. The molecule has 1 aliphatic carbocycles. The summed E-state index contributed by atoms with van der Waals surface area (Å²) in [7, 11) is 0. The fraction of sp³-hybridized carbons (Fsp3) is 0.462. The summed E-state index contributed by atoms with van der Waals surface area (Å²) in [5.74, 6) is -1.22. The zero-order valence-corrected chi connectivity index (χ0v) is 19.7. The van der Waals surface area contributed by atoms with Gasteiger partial charge < -0.3 is 15.2 Å². The van der Waals surface area contributed by atoms with Crippen molar-refractivity contribution >= 4 is 22.9 Å². The highest BCUT2D eigenvalue weighted by Crippen LogP contribution is 2.43. The quantitative estimate of drug-likeness (QED) is 0.453. The third kappa shape index (κ3) is 4.75. The van der Waals surface area contributed by atoms with Gasteiger partial charge >= 0.3 is 12.4 Å². The number of carbonyl (C=O) groups excluding carboxylic acids is 1. The van der Waals surface area contributed by atoms with Gasteiger partial charge in [0.15, 0.2) is 0 Å². The Kier molecular flexibility index (Phi) is 6.35. The lowest BCUT2D eigenvalue weighted by Gasteiger charge is -2.31. The van der Waals surface area contributed by atoms with Gasteiger partial charge in [-0.15, -0.1) is 0 Å². The van der Waals surface area contributed by atoms with Crippen molar-refractivity contribution in [3.8, 4) is 0 Å². The van der Waals surface area contributed by atoms with Crippen LogP contribution >= 0.6 is 0 Å². The van der Waals surface area contributed by atoms with Gasteiger partial charge in [-0.25, -0.2) is 0 Å². The number of halogens is 6. The van der Waals surface area contributed by atoms with Gasteiger partial charge in [-0.1, -0.05) is 18.9 Å². The van der Waals surface area contributed by atoms with Gasteiger partial charge in [-0.2, -0.15) is 26.3 Å². The number of H-pyrrole nitrogens is 1. The number of nitrogens with one attached hydrogen (secondary N) is 2. The number of carbonyl (C=O) groups is 1. The molecule has 2 unspecified atom stereocenters. The lowest BCUT2D eigenvalue weighted by molar-refractivity contribution is -0.136. The summed E-state index contributed by atoms with van der Waals surface area (Å²) in [5.41, 5.74) is -4.89. The number of alkyl halides is 6. The molecule has 0 radical (unpaired) electrons. The third-order valence-corrected chi connectivity index (χ3v) is 7.53. The van der Waals surface area contributed by atoms with Crippen LogP contribution in [0.25, 0.3) is 5.57 Å². The van der Waals surface area contributed by atoms with Crippen molar-refractivity contribution in [2.45, 2.75) is 75.8 Å². The predicted octanol–water partition coefficient (Wildman–Crippen LogP) is 6.45. The van der Waals surface area contributed by atoms with Crippen LogP contribution in [-0.4, -0.2) is 29.2 Å². The standard InChI is InChI=1S/C26H25F6N3O2/c27-25(28,29)18-6-3-7-21-22(18)23(36)17(13-33-21)24(37)34-20-11-10-16(12-19(20)26(30,31)32)35-14-4-1-2-5-15(35)9-8-14/h6,10-15H,1-5,7-9H2,(H,33,36)(H,34,37). The van der Waals surface area contributed by atoms with Gasteiger partial charge in [-0.3, -0.25) is 9.59 Å². The molecule has 1 aromatic heterocycles. The smallest absolute Gasteiger partial charge is 0.366 e. The maximum atomic E-state index is 14.1. The first-order valence-corrected chi connectivity index (χ1v) is 12.3. The largest absolute Gasteiger partial charge is 0.418 e. The first-order chi connectivity index (χ1) is 17.4. The van der Waals surface area contributed by atoms with E-state index < -0.39 is 51.6 Å². The minimum Gasteiger partial charge on any atom is -0.366 e. The topological polar surface area (TPSA) is 65.2 Å². The molecule has 0 spiro atoms. The van der Waals surface area contributed by atoms with Crippen LogP contribution < -0.4 is 15.6 Å². The van der Waals surface area contributed by atoms with E-state index in [0.717, 1.165) is 62.9 Å². The molecule has 1 amide bonds. The van der Waals surface area contributed by atoms with E-state index in [1.54, 1.807) is 0 Å². The molecule has 2 atom stereocenters. The molecule has 1 aromatic carbocycles. The van der Waals surface area contributed by atoms with Crippen LogP contribution in [0.2, 0.25) is 0 Å². The summed E-state index contributed by atoms with van der Waals surface area (Å²) < 4.78 is 82.6. The van der Waals surface area contributed by atoms with Crippen molar-refractivity contribution in [3.05, 3.63) is 63.1 Å². The molecule has 3 aliphatic rings. The number of pyridine rings is 1. The second kappa shape index (κ2) is 9.25. The van der Waals surface area contributed by atoms with Crippen molar-refractivity contribution in [2.24, 2.45) is 0 Å². The number of amides is 1. The van der Waals surface area contributed by atoms with Gasteiger partial charge in [-0.05, 0) is 56.7 Å². The molecule has 2 fully saturated rings. The molecule has 2 saturated heterocycles. The van der Waals surface area contributed by atoms with Gasteiger partial charge in [0.1, 0.15) is 5.56 Å². The molecule has 2 aromatic rings. The second-order valence-corrected chi connectivity index (χ2v) is 9.80. The highest BCUT2D eigenvalue weighted by molar-refractivity contribution is 6.05. The number of hydrogen-bond acceptors (Lipinski definition) is 3. The molecule has 198 valence electrons. The molecule has 0 saturated carbocycles. The number of rotatable bonds is 3. The number of hydrogen-bond donors (Lipinski definition) is 2. The Bertz CT molecular complexity index is 1300. The fourth-order valence-electron chi connectivity index (χ4n) is 5.88. The summed E-state index contributed by atoms with van der Waals surface area (Å²) in [6, 6.07) is 4.00. The summed E-state index contributed by atoms with van der Waals surface area (Å²) in [4.78, 5) is 30.4. The van der Waals surface area contributed by atoms with E-state index in [0.29, 0.717) is 5.69 Å². The normalized spacial score (nSPS) is 21.8. The van der Waals surface area contributed by atoms with Gasteiger partial charge in [0.2, 0.25) is 5.43 Å². The van der Waals surface area contributed by atoms with E-state index in [2.05, 4.69) is 10.3 Å². The first-order valence-electron chi connectivity index (χ1n) is 12.3. The lowest BCUT2D eigenvalue weighted by Crippen LogP contribution is -2.34. The van der Waals surface area contributed by atoms with Crippen molar-refractivity contribution < 1.29 is 31.1 Å². The number of benzene rings is 1. The average molecular weight is 525 g/mol. The van der Waals surface area contributed by atoms with Crippen LogP contribution in [0.1, 0.15) is 72.1 Å². The lowest BCUT2D eigenvalue weighted by atomic mass is 9.92. The molecular weight excluding hydrogens is 500 g/mol. The van der Waals surface area contributed by atoms with E-state index in [4.69, 9.17) is 0 Å². The summed E-state index contributed by atoms with van der Waals surface area (Å²) in [5, 5.41) is 2.12. The van der Waals surface area contributed by atoms with Crippen molar-refractivity contribution in [3.63, 3.8) is 0 Å². The molecule has 2 N–H and O–H groups in total. The maximum Gasteiger partial charge on any atom is 0.418 e. The van der Waals surface area contributed by atoms with E-state index in [9.17, 15) is 35.9 Å². The number of nitrogens with zero attached hydrogens (tertiary/aromatic N) is 1. The van der Waals surface area contributed by atoms with Gasteiger partial charge in [0.25, 0.3) is 5.91 Å². The number of fused-ring (bicyclic) bond motifs is 3. The van der Waals surface area contributed by atoms with Crippen LogP contribution in [-0.2, 0) is 12.6 Å². The Labute approximate surface area is 208 Å². The van der Waals surface area contributed by atoms with Crippen LogP contribution in [0.3, 0.4) is 0 Å². The highest BCUT2D eigenvalue weighted by Gasteiger charge is 2.41. The molecule has 5 rings (SSSR count). The number of aromatic amines is 1. The van der Waals surface area contributed by atoms with Gasteiger partial charge in [0.05, 0.1) is 22.4 Å². The SMILES string of the molecule is O=C(Nc1ccc(N2C3CCCCC2CC3)cc1C(F)(F)F)c1c[nH]c2c(c1=O)C(C(F)(F)F)=CCC2. The Morgan fingerprint density at radius 2 is 1.65 bits per heavy atom. The van der Waals surface area contributed by atoms with E-state index in [1.807, 2.05) is 4.90 Å². The zero-order chi connectivity index (χ0) is 26.5. The Morgan fingerprint density at radius 3 is 2.27 bits per heavy atom. The number of allylic oxidation sites excluding steroid dienone is 2. The minimum atomic E-state index is -4.82. The third-order valence-electron chi connectivity index (χ3n) is 7.53. The fourth-order valence-corrected chi connectivity index (χ4v) is 5.88. The zero-order valence-electron chi connectivity index (χ0n) is 19.7. The number of aromatic nitrogens is 1.